The van der Waals surface area contributed by atoms with E-state index in [1.165, 1.54) is 6.07 Å². The van der Waals surface area contributed by atoms with Crippen molar-refractivity contribution < 1.29 is 13.2 Å². The summed E-state index contributed by atoms with van der Waals surface area (Å²) in [4.78, 5) is 2.31. The molecule has 1 aromatic rings. The molecule has 2 rings (SSSR count). The fourth-order valence-corrected chi connectivity index (χ4v) is 2.75. The molecular formula is C14H19F3N2. The molecule has 0 amide bonds. The Kier molecular flexibility index (Phi) is 4.04. The summed E-state index contributed by atoms with van der Waals surface area (Å²) in [6.07, 6.45) is -2.62. The highest BCUT2D eigenvalue weighted by atomic mass is 19.4. The molecule has 1 aromatic carbocycles. The standard InChI is InChI=1S/C14H19F3N2/c1-2-19-8-6-10(7-9-19)11-4-3-5-12(13(11)18)14(15,16)17/h3-5,10H,2,6-9,18H2,1H3. The van der Waals surface area contributed by atoms with Crippen molar-refractivity contribution in [1.82, 2.24) is 4.90 Å². The van der Waals surface area contributed by atoms with Crippen LogP contribution in [-0.4, -0.2) is 24.5 Å². The van der Waals surface area contributed by atoms with Crippen molar-refractivity contribution in [3.63, 3.8) is 0 Å². The topological polar surface area (TPSA) is 29.3 Å². The number of nitrogen functional groups attached to an aromatic ring is 1. The van der Waals surface area contributed by atoms with Crippen molar-refractivity contribution in [3.8, 4) is 0 Å². The molecule has 0 radical (unpaired) electrons. The van der Waals surface area contributed by atoms with Crippen LogP contribution in [0.25, 0.3) is 0 Å². The number of likely N-dealkylation sites (tertiary alicyclic amines) is 1. The summed E-state index contributed by atoms with van der Waals surface area (Å²) in [5.41, 5.74) is 5.59. The van der Waals surface area contributed by atoms with Crippen LogP contribution in [0, 0.1) is 0 Å². The molecule has 2 nitrogen and oxygen atoms in total. The number of benzene rings is 1. The van der Waals surface area contributed by atoms with E-state index in [1.54, 1.807) is 6.07 Å². The van der Waals surface area contributed by atoms with Gasteiger partial charge in [0.15, 0.2) is 0 Å². The number of nitrogens with zero attached hydrogens (tertiary/aromatic N) is 1. The van der Waals surface area contributed by atoms with Crippen molar-refractivity contribution >= 4 is 5.69 Å². The van der Waals surface area contributed by atoms with E-state index in [2.05, 4.69) is 11.8 Å². The summed E-state index contributed by atoms with van der Waals surface area (Å²) in [5, 5.41) is 0. The van der Waals surface area contributed by atoms with Gasteiger partial charge in [-0.2, -0.15) is 13.2 Å². The zero-order chi connectivity index (χ0) is 14.0. The lowest BCUT2D eigenvalue weighted by molar-refractivity contribution is -0.136. The molecule has 1 saturated heterocycles. The molecule has 19 heavy (non-hydrogen) atoms. The number of hydrogen-bond acceptors (Lipinski definition) is 2. The molecule has 2 N–H and O–H groups in total. The number of alkyl halides is 3. The van der Waals surface area contributed by atoms with Gasteiger partial charge in [-0.1, -0.05) is 19.1 Å². The highest BCUT2D eigenvalue weighted by Crippen LogP contribution is 2.39. The van der Waals surface area contributed by atoms with Gasteiger partial charge in [0.1, 0.15) is 0 Å². The van der Waals surface area contributed by atoms with E-state index >= 15 is 0 Å². The normalized spacial score (nSPS) is 18.7. The van der Waals surface area contributed by atoms with Crippen LogP contribution >= 0.6 is 0 Å². The van der Waals surface area contributed by atoms with E-state index in [9.17, 15) is 13.2 Å². The Morgan fingerprint density at radius 3 is 2.42 bits per heavy atom. The molecule has 0 atom stereocenters. The molecule has 0 spiro atoms. The van der Waals surface area contributed by atoms with Gasteiger partial charge in [0, 0.05) is 5.69 Å². The minimum absolute atomic E-state index is 0.0926. The van der Waals surface area contributed by atoms with Crippen LogP contribution in [0.3, 0.4) is 0 Å². The minimum atomic E-state index is -4.37. The van der Waals surface area contributed by atoms with E-state index in [1.807, 2.05) is 0 Å². The Bertz CT molecular complexity index is 435. The molecule has 1 fully saturated rings. The van der Waals surface area contributed by atoms with Gasteiger partial charge in [0.25, 0.3) is 0 Å². The average molecular weight is 272 g/mol. The third kappa shape index (κ3) is 3.03. The minimum Gasteiger partial charge on any atom is -0.398 e. The molecule has 1 aliphatic heterocycles. The van der Waals surface area contributed by atoms with Gasteiger partial charge in [-0.15, -0.1) is 0 Å². The van der Waals surface area contributed by atoms with Crippen molar-refractivity contribution in [2.75, 3.05) is 25.4 Å². The summed E-state index contributed by atoms with van der Waals surface area (Å²) in [5.74, 6) is 0.144. The summed E-state index contributed by atoms with van der Waals surface area (Å²) in [6, 6.07) is 4.25. The van der Waals surface area contributed by atoms with Crippen molar-refractivity contribution in [2.24, 2.45) is 0 Å². The van der Waals surface area contributed by atoms with Crippen LogP contribution in [0.2, 0.25) is 0 Å². The van der Waals surface area contributed by atoms with Gasteiger partial charge in [0.05, 0.1) is 5.56 Å². The van der Waals surface area contributed by atoms with Crippen LogP contribution < -0.4 is 5.73 Å². The van der Waals surface area contributed by atoms with Crippen molar-refractivity contribution in [1.29, 1.82) is 0 Å². The summed E-state index contributed by atoms with van der Waals surface area (Å²) in [7, 11) is 0. The number of hydrogen-bond donors (Lipinski definition) is 1. The lowest BCUT2D eigenvalue weighted by Gasteiger charge is -2.32. The largest absolute Gasteiger partial charge is 0.418 e. The van der Waals surface area contributed by atoms with E-state index in [4.69, 9.17) is 5.73 Å². The third-order valence-corrected chi connectivity index (χ3v) is 3.92. The molecule has 106 valence electrons. The first-order chi connectivity index (χ1) is 8.93. The fraction of sp³-hybridized carbons (Fsp3) is 0.571. The van der Waals surface area contributed by atoms with E-state index in [0.717, 1.165) is 38.5 Å². The van der Waals surface area contributed by atoms with Crippen molar-refractivity contribution in [3.05, 3.63) is 29.3 Å². The van der Waals surface area contributed by atoms with Gasteiger partial charge in [-0.25, -0.2) is 0 Å². The second-order valence-electron chi connectivity index (χ2n) is 5.01. The lowest BCUT2D eigenvalue weighted by atomic mass is 9.87. The van der Waals surface area contributed by atoms with Crippen LogP contribution in [0.15, 0.2) is 18.2 Å². The van der Waals surface area contributed by atoms with E-state index in [-0.39, 0.29) is 11.6 Å². The Hall–Kier alpha value is -1.23. The van der Waals surface area contributed by atoms with Crippen molar-refractivity contribution in [2.45, 2.75) is 31.9 Å². The number of para-hydroxylation sites is 1. The molecular weight excluding hydrogens is 253 g/mol. The number of nitrogens with two attached hydrogens (primary N) is 1. The lowest BCUT2D eigenvalue weighted by Crippen LogP contribution is -2.32. The Morgan fingerprint density at radius 2 is 1.89 bits per heavy atom. The molecule has 0 bridgehead atoms. The first-order valence-electron chi connectivity index (χ1n) is 6.61. The second kappa shape index (κ2) is 5.41. The zero-order valence-electron chi connectivity index (χ0n) is 11.0. The first kappa shape index (κ1) is 14.2. The molecule has 0 aromatic heterocycles. The average Bonchev–Trinajstić information content (AvgIpc) is 2.38. The predicted octanol–water partition coefficient (Wildman–Crippen LogP) is 3.49. The molecule has 5 heteroatoms. The third-order valence-electron chi connectivity index (χ3n) is 3.92. The maximum atomic E-state index is 12.8. The second-order valence-corrected chi connectivity index (χ2v) is 5.01. The van der Waals surface area contributed by atoms with Crippen LogP contribution in [-0.2, 0) is 6.18 Å². The highest BCUT2D eigenvalue weighted by Gasteiger charge is 2.34. The Labute approximate surface area is 111 Å². The summed E-state index contributed by atoms with van der Waals surface area (Å²) in [6.45, 7) is 4.94. The molecule has 0 aliphatic carbocycles. The fourth-order valence-electron chi connectivity index (χ4n) is 2.75. The quantitative estimate of drug-likeness (QED) is 0.835. The predicted molar refractivity (Wildman–Crippen MR) is 69.9 cm³/mol. The van der Waals surface area contributed by atoms with Crippen LogP contribution in [0.1, 0.15) is 36.8 Å². The van der Waals surface area contributed by atoms with Crippen LogP contribution in [0.4, 0.5) is 18.9 Å². The monoisotopic (exact) mass is 272 g/mol. The summed E-state index contributed by atoms with van der Waals surface area (Å²) < 4.78 is 38.5. The highest BCUT2D eigenvalue weighted by molar-refractivity contribution is 5.56. The Morgan fingerprint density at radius 1 is 1.26 bits per heavy atom. The van der Waals surface area contributed by atoms with E-state index < -0.39 is 11.7 Å². The zero-order valence-corrected chi connectivity index (χ0v) is 11.0. The molecule has 1 heterocycles. The molecule has 0 saturated carbocycles. The Balaban J connectivity index is 2.22. The summed E-state index contributed by atoms with van der Waals surface area (Å²) >= 11 is 0. The molecule has 1 aliphatic rings. The maximum Gasteiger partial charge on any atom is 0.418 e. The maximum absolute atomic E-state index is 12.8. The van der Waals surface area contributed by atoms with Gasteiger partial charge in [-0.05, 0) is 50.0 Å². The van der Waals surface area contributed by atoms with Crippen LogP contribution in [0.5, 0.6) is 0 Å². The van der Waals surface area contributed by atoms with Gasteiger partial charge < -0.3 is 10.6 Å². The molecule has 0 unspecified atom stereocenters. The first-order valence-corrected chi connectivity index (χ1v) is 6.61. The van der Waals surface area contributed by atoms with Gasteiger partial charge in [0.2, 0.25) is 0 Å². The number of halogens is 3. The smallest absolute Gasteiger partial charge is 0.398 e. The van der Waals surface area contributed by atoms with Gasteiger partial charge >= 0.3 is 6.18 Å². The van der Waals surface area contributed by atoms with E-state index in [0.29, 0.717) is 5.56 Å². The van der Waals surface area contributed by atoms with Gasteiger partial charge in [-0.3, -0.25) is 0 Å². The SMILES string of the molecule is CCN1CCC(c2cccc(C(F)(F)F)c2N)CC1. The number of rotatable bonds is 2. The number of piperidine rings is 1. The number of anilines is 1.